The van der Waals surface area contributed by atoms with Crippen molar-refractivity contribution in [2.24, 2.45) is 0 Å². The fraction of sp³-hybridized carbons (Fsp3) is 0.646. The Morgan fingerprint density at radius 2 is 1.27 bits per heavy atom. The summed E-state index contributed by atoms with van der Waals surface area (Å²) < 4.78 is 12.1. The van der Waals surface area contributed by atoms with Gasteiger partial charge in [-0.1, -0.05) is 49.0 Å². The minimum atomic E-state index is -0.964. The number of rotatable bonds is 24. The van der Waals surface area contributed by atoms with Crippen LogP contribution in [0.5, 0.6) is 0 Å². The second-order valence-electron chi connectivity index (χ2n) is 16.5. The predicted octanol–water partition coefficient (Wildman–Crippen LogP) is 3.43. The normalized spacial score (nSPS) is 13.4. The van der Waals surface area contributed by atoms with Gasteiger partial charge in [0.25, 0.3) is 11.5 Å². The summed E-state index contributed by atoms with van der Waals surface area (Å²) in [5.74, 6) is -2.60. The van der Waals surface area contributed by atoms with Gasteiger partial charge in [-0.25, -0.2) is 9.97 Å². The zero-order chi connectivity index (χ0) is 52.0. The molecule has 1 aliphatic heterocycles. The van der Waals surface area contributed by atoms with Gasteiger partial charge in [0, 0.05) is 76.6 Å². The zero-order valence-electron chi connectivity index (χ0n) is 42.5. The quantitative estimate of drug-likeness (QED) is 0.0596. The van der Waals surface area contributed by atoms with E-state index in [0.29, 0.717) is 89.7 Å². The van der Waals surface area contributed by atoms with E-state index in [2.05, 4.69) is 41.2 Å². The molecule has 1 fully saturated rings. The Morgan fingerprint density at radius 3 is 1.83 bits per heavy atom. The van der Waals surface area contributed by atoms with Crippen molar-refractivity contribution in [3.8, 4) is 0 Å². The average Bonchev–Trinajstić information content (AvgIpc) is 3.40. The van der Waals surface area contributed by atoms with E-state index in [4.69, 9.17) is 15.2 Å². The minimum absolute atomic E-state index is 0. The molecule has 0 saturated carbocycles. The van der Waals surface area contributed by atoms with E-state index in [9.17, 15) is 39.0 Å². The Hall–Kier alpha value is -5.81. The third-order valence-corrected chi connectivity index (χ3v) is 10.1. The number of nitrogens with one attached hydrogen (secondary N) is 5. The summed E-state index contributed by atoms with van der Waals surface area (Å²) >= 11 is 0. The molecule has 22 heteroatoms. The molecule has 3 heterocycles. The van der Waals surface area contributed by atoms with Gasteiger partial charge in [0.05, 0.1) is 62.5 Å². The SMILES string of the molecule is C.CC.CC.CC.CC(C)(CCOC(C)(C)CNC(=O)CN1CCN(CC(=O)O)CCN(CC(=O)O)CC1)OCCNC(=O)CCCNC(=O)c1ccc(NCc2cnc3nc(N)[nH]c(=O)c3n2)cc1. The minimum Gasteiger partial charge on any atom is -0.480 e. The van der Waals surface area contributed by atoms with E-state index in [1.165, 1.54) is 6.20 Å². The van der Waals surface area contributed by atoms with Crippen molar-refractivity contribution in [2.45, 2.75) is 114 Å². The molecule has 0 radical (unpaired) electrons. The number of hydrogen-bond acceptors (Lipinski definition) is 16. The molecule has 0 atom stereocenters. The number of anilines is 2. The number of aliphatic carboxylic acids is 2. The lowest BCUT2D eigenvalue weighted by Gasteiger charge is -2.30. The molecule has 3 aromatic rings. The van der Waals surface area contributed by atoms with Crippen LogP contribution in [0, 0.1) is 0 Å². The highest BCUT2D eigenvalue weighted by Gasteiger charge is 2.25. The molecule has 70 heavy (non-hydrogen) atoms. The number of carbonyl (C=O) groups is 5. The zero-order valence-corrected chi connectivity index (χ0v) is 42.5. The van der Waals surface area contributed by atoms with Crippen LogP contribution in [0.3, 0.4) is 0 Å². The van der Waals surface area contributed by atoms with Gasteiger partial charge in [-0.15, -0.1) is 0 Å². The van der Waals surface area contributed by atoms with Crippen LogP contribution < -0.4 is 32.6 Å². The van der Waals surface area contributed by atoms with Crippen LogP contribution in [0.2, 0.25) is 0 Å². The Bertz CT molecular complexity index is 2040. The fourth-order valence-electron chi connectivity index (χ4n) is 6.45. The number of aromatic amines is 1. The summed E-state index contributed by atoms with van der Waals surface area (Å²) in [7, 11) is 0. The highest BCUT2D eigenvalue weighted by atomic mass is 16.5. The van der Waals surface area contributed by atoms with E-state index in [0.717, 1.165) is 5.69 Å². The molecular formula is C48H84N12O10. The summed E-state index contributed by atoms with van der Waals surface area (Å²) in [5.41, 5.74) is 5.81. The average molecular weight is 989 g/mol. The number of benzene rings is 1. The molecule has 2 aromatic heterocycles. The number of nitrogens with zero attached hydrogens (tertiary/aromatic N) is 6. The lowest BCUT2D eigenvalue weighted by Crippen LogP contribution is -2.47. The van der Waals surface area contributed by atoms with Crippen LogP contribution in [0.4, 0.5) is 11.6 Å². The number of ether oxygens (including phenoxy) is 2. The molecule has 1 aromatic carbocycles. The third-order valence-electron chi connectivity index (χ3n) is 10.1. The van der Waals surface area contributed by atoms with Crippen molar-refractivity contribution in [2.75, 3.05) is 103 Å². The van der Waals surface area contributed by atoms with Crippen molar-refractivity contribution in [1.29, 1.82) is 0 Å². The van der Waals surface area contributed by atoms with Crippen LogP contribution in [0.15, 0.2) is 35.3 Å². The summed E-state index contributed by atoms with van der Waals surface area (Å²) in [6.07, 6.45) is 2.74. The van der Waals surface area contributed by atoms with Gasteiger partial charge >= 0.3 is 11.9 Å². The van der Waals surface area contributed by atoms with Crippen LogP contribution in [0.25, 0.3) is 11.2 Å². The van der Waals surface area contributed by atoms with Crippen LogP contribution in [-0.4, -0.2) is 177 Å². The van der Waals surface area contributed by atoms with E-state index in [-0.39, 0.29) is 81.4 Å². The second-order valence-corrected chi connectivity index (χ2v) is 16.5. The first-order valence-electron chi connectivity index (χ1n) is 23.9. The third kappa shape index (κ3) is 26.2. The van der Waals surface area contributed by atoms with Gasteiger partial charge in [-0.05, 0) is 64.8 Å². The number of H-pyrrole nitrogens is 1. The molecule has 1 aliphatic rings. The van der Waals surface area contributed by atoms with Crippen molar-refractivity contribution in [3.05, 3.63) is 52.1 Å². The Kier molecular flexibility index (Phi) is 31.6. The lowest BCUT2D eigenvalue weighted by atomic mass is 10.1. The monoisotopic (exact) mass is 989 g/mol. The molecule has 0 spiro atoms. The second kappa shape index (κ2) is 34.5. The van der Waals surface area contributed by atoms with Crippen LogP contribution in [-0.2, 0) is 35.2 Å². The van der Waals surface area contributed by atoms with Crippen molar-refractivity contribution in [1.82, 2.24) is 50.6 Å². The topological polar surface area (TPSA) is 300 Å². The number of carboxylic acids is 2. The number of aromatic nitrogens is 4. The highest BCUT2D eigenvalue weighted by molar-refractivity contribution is 5.94. The van der Waals surface area contributed by atoms with Gasteiger partial charge in [0.15, 0.2) is 11.2 Å². The molecule has 0 aliphatic carbocycles. The summed E-state index contributed by atoms with van der Waals surface area (Å²) in [6.45, 7) is 23.8. The molecule has 0 unspecified atom stereocenters. The summed E-state index contributed by atoms with van der Waals surface area (Å²) in [4.78, 5) is 92.9. The van der Waals surface area contributed by atoms with Gasteiger partial charge in [-0.3, -0.25) is 48.5 Å². The van der Waals surface area contributed by atoms with E-state index < -0.39 is 28.7 Å². The highest BCUT2D eigenvalue weighted by Crippen LogP contribution is 2.17. The fourth-order valence-corrected chi connectivity index (χ4v) is 6.45. The van der Waals surface area contributed by atoms with E-state index in [1.54, 1.807) is 34.1 Å². The van der Waals surface area contributed by atoms with Crippen molar-refractivity contribution >= 4 is 52.5 Å². The number of amides is 3. The molecule has 4 rings (SSSR count). The largest absolute Gasteiger partial charge is 0.480 e. The molecule has 22 nitrogen and oxygen atoms in total. The van der Waals surface area contributed by atoms with Gasteiger partial charge in [-0.2, -0.15) is 4.98 Å². The standard InChI is InChI=1S/C41H62N12O10.3C2H6.CH4/c1-40(2,11-20-62-41(3,4)27-47-32(55)24-51-14-16-52(25-33(56)57)18-19-53(17-15-51)26-34(58)59)63-21-13-43-31(54)6-5-12-44-37(60)28-7-9-29(10-8-28)45-22-30-23-46-36-35(48-30)38(61)50-39(42)49-36;3*1-2;/h7-10,23,45H,5-6,11-22,24-27H2,1-4H3,(H,43,54)(H,44,60)(H,47,55)(H,56,57)(H,58,59)(H3,42,46,49,50,61);3*1-2H3;1H4. The Labute approximate surface area is 414 Å². The molecule has 1 saturated heterocycles. The number of carbonyl (C=O) groups excluding carboxylic acids is 3. The number of nitrogen functional groups attached to an aromatic ring is 1. The van der Waals surface area contributed by atoms with Gasteiger partial charge in [0.1, 0.15) is 0 Å². The first-order chi connectivity index (χ1) is 32.9. The maximum absolute atomic E-state index is 12.9. The van der Waals surface area contributed by atoms with Crippen LogP contribution >= 0.6 is 0 Å². The smallest absolute Gasteiger partial charge is 0.317 e. The van der Waals surface area contributed by atoms with Crippen LogP contribution in [0.1, 0.15) is 112 Å². The molecule has 9 N–H and O–H groups in total. The molecule has 396 valence electrons. The Balaban J connectivity index is 0.00000654. The lowest BCUT2D eigenvalue weighted by molar-refractivity contribution is -0.140. The molecule has 3 amide bonds. The number of hydrogen-bond donors (Lipinski definition) is 8. The predicted molar refractivity (Wildman–Crippen MR) is 274 cm³/mol. The van der Waals surface area contributed by atoms with Gasteiger partial charge in [0.2, 0.25) is 17.8 Å². The maximum Gasteiger partial charge on any atom is 0.317 e. The number of fused-ring (bicyclic) bond motifs is 1. The number of nitrogens with two attached hydrogens (primary N) is 1. The molecular weight excluding hydrogens is 905 g/mol. The first-order valence-corrected chi connectivity index (χ1v) is 23.9. The van der Waals surface area contributed by atoms with Crippen molar-refractivity contribution < 1.29 is 43.7 Å². The molecule has 0 bridgehead atoms. The Morgan fingerprint density at radius 1 is 0.729 bits per heavy atom. The number of carboxylic acid groups (broad SMARTS) is 2. The summed E-state index contributed by atoms with van der Waals surface area (Å²) in [5, 5.41) is 30.3. The summed E-state index contributed by atoms with van der Waals surface area (Å²) in [6, 6.07) is 6.84. The van der Waals surface area contributed by atoms with Gasteiger partial charge < -0.3 is 46.7 Å². The first kappa shape index (κ1) is 64.2. The van der Waals surface area contributed by atoms with Crippen molar-refractivity contribution in [3.63, 3.8) is 0 Å². The maximum atomic E-state index is 12.9. The van der Waals surface area contributed by atoms with E-state index >= 15 is 0 Å². The van der Waals surface area contributed by atoms with E-state index in [1.807, 2.05) is 74.1 Å².